The van der Waals surface area contributed by atoms with Gasteiger partial charge in [-0.15, -0.1) is 0 Å². The van der Waals surface area contributed by atoms with Gasteiger partial charge in [0.2, 0.25) is 0 Å². The summed E-state index contributed by atoms with van der Waals surface area (Å²) in [6.07, 6.45) is 2.58. The second-order valence-electron chi connectivity index (χ2n) is 6.04. The van der Waals surface area contributed by atoms with Gasteiger partial charge in [-0.2, -0.15) is 0 Å². The number of aryl methyl sites for hydroxylation is 1. The van der Waals surface area contributed by atoms with Crippen LogP contribution in [-0.2, 0) is 6.54 Å². The van der Waals surface area contributed by atoms with Gasteiger partial charge in [0.1, 0.15) is 0 Å². The predicted molar refractivity (Wildman–Crippen MR) is 74.5 cm³/mol. The fourth-order valence-corrected chi connectivity index (χ4v) is 2.56. The molecule has 2 rings (SSSR count). The van der Waals surface area contributed by atoms with Gasteiger partial charge in [-0.3, -0.25) is 4.90 Å². The molecule has 0 atom stereocenters. The lowest BCUT2D eigenvalue weighted by molar-refractivity contribution is 0.127. The van der Waals surface area contributed by atoms with Gasteiger partial charge in [-0.05, 0) is 49.9 Å². The zero-order chi connectivity index (χ0) is 12.5. The molecule has 0 saturated carbocycles. The minimum absolute atomic E-state index is 0.521. The van der Waals surface area contributed by atoms with E-state index < -0.39 is 0 Å². The van der Waals surface area contributed by atoms with Crippen molar-refractivity contribution in [3.05, 3.63) is 34.3 Å². The molecule has 0 aliphatic carbocycles. The van der Waals surface area contributed by atoms with Crippen LogP contribution < -0.4 is 0 Å². The Hall–Kier alpha value is -0.530. The minimum atomic E-state index is 0.521. The van der Waals surface area contributed by atoms with Crippen molar-refractivity contribution in [3.63, 3.8) is 0 Å². The molecular formula is C15H22ClN. The first-order valence-corrected chi connectivity index (χ1v) is 6.81. The van der Waals surface area contributed by atoms with E-state index in [1.807, 2.05) is 6.07 Å². The van der Waals surface area contributed by atoms with Crippen molar-refractivity contribution >= 4 is 11.6 Å². The van der Waals surface area contributed by atoms with Crippen LogP contribution in [0.15, 0.2) is 18.2 Å². The molecule has 0 aromatic heterocycles. The SMILES string of the molecule is Cc1ccc(Cl)c(CN2CCC(C)(C)CC2)c1. The first-order chi connectivity index (χ1) is 7.96. The van der Waals surface area contributed by atoms with Crippen LogP contribution in [0.3, 0.4) is 0 Å². The molecule has 1 fully saturated rings. The molecule has 0 N–H and O–H groups in total. The normalized spacial score (nSPS) is 20.5. The molecule has 1 aromatic rings. The molecule has 0 spiro atoms. The minimum Gasteiger partial charge on any atom is -0.299 e. The molecule has 0 amide bonds. The summed E-state index contributed by atoms with van der Waals surface area (Å²) >= 11 is 6.24. The number of piperidine rings is 1. The first-order valence-electron chi connectivity index (χ1n) is 6.44. The molecule has 2 heteroatoms. The van der Waals surface area contributed by atoms with Crippen molar-refractivity contribution in [2.24, 2.45) is 5.41 Å². The van der Waals surface area contributed by atoms with E-state index >= 15 is 0 Å². The zero-order valence-corrected chi connectivity index (χ0v) is 11.8. The topological polar surface area (TPSA) is 3.24 Å². The van der Waals surface area contributed by atoms with Crippen LogP contribution in [0.2, 0.25) is 5.02 Å². The molecule has 1 aromatic carbocycles. The summed E-state index contributed by atoms with van der Waals surface area (Å²) in [6.45, 7) is 10.2. The lowest BCUT2D eigenvalue weighted by Gasteiger charge is -2.37. The van der Waals surface area contributed by atoms with E-state index in [0.717, 1.165) is 11.6 Å². The second-order valence-corrected chi connectivity index (χ2v) is 6.44. The number of rotatable bonds is 2. The summed E-state index contributed by atoms with van der Waals surface area (Å²) < 4.78 is 0. The van der Waals surface area contributed by atoms with E-state index in [1.54, 1.807) is 0 Å². The first kappa shape index (κ1) is 12.9. The zero-order valence-electron chi connectivity index (χ0n) is 11.1. The molecule has 1 heterocycles. The number of hydrogen-bond acceptors (Lipinski definition) is 1. The Balaban J connectivity index is 2.00. The van der Waals surface area contributed by atoms with Gasteiger partial charge in [0, 0.05) is 11.6 Å². The van der Waals surface area contributed by atoms with Crippen LogP contribution in [0, 0.1) is 12.3 Å². The Labute approximate surface area is 110 Å². The van der Waals surface area contributed by atoms with Crippen LogP contribution in [-0.4, -0.2) is 18.0 Å². The van der Waals surface area contributed by atoms with Crippen molar-refractivity contribution in [2.45, 2.75) is 40.2 Å². The molecule has 1 saturated heterocycles. The van der Waals surface area contributed by atoms with E-state index in [9.17, 15) is 0 Å². The average molecular weight is 252 g/mol. The van der Waals surface area contributed by atoms with Gasteiger partial charge < -0.3 is 0 Å². The number of hydrogen-bond donors (Lipinski definition) is 0. The highest BCUT2D eigenvalue weighted by Crippen LogP contribution is 2.31. The Morgan fingerprint density at radius 1 is 1.24 bits per heavy atom. The van der Waals surface area contributed by atoms with Crippen molar-refractivity contribution in [3.8, 4) is 0 Å². The number of nitrogens with zero attached hydrogens (tertiary/aromatic N) is 1. The van der Waals surface area contributed by atoms with Gasteiger partial charge in [0.05, 0.1) is 0 Å². The molecule has 94 valence electrons. The van der Waals surface area contributed by atoms with Gasteiger partial charge >= 0.3 is 0 Å². The Kier molecular flexibility index (Phi) is 3.79. The highest BCUT2D eigenvalue weighted by Gasteiger charge is 2.25. The Morgan fingerprint density at radius 2 is 1.88 bits per heavy atom. The molecular weight excluding hydrogens is 230 g/mol. The van der Waals surface area contributed by atoms with Crippen LogP contribution in [0.1, 0.15) is 37.8 Å². The van der Waals surface area contributed by atoms with Gasteiger partial charge in [-0.25, -0.2) is 0 Å². The smallest absolute Gasteiger partial charge is 0.0451 e. The molecule has 1 nitrogen and oxygen atoms in total. The number of halogens is 1. The van der Waals surface area contributed by atoms with Gasteiger partial charge in [0.25, 0.3) is 0 Å². The monoisotopic (exact) mass is 251 g/mol. The lowest BCUT2D eigenvalue weighted by Crippen LogP contribution is -2.36. The van der Waals surface area contributed by atoms with E-state index in [0.29, 0.717) is 5.41 Å². The summed E-state index contributed by atoms with van der Waals surface area (Å²) in [6, 6.07) is 6.30. The lowest BCUT2D eigenvalue weighted by atomic mass is 9.82. The van der Waals surface area contributed by atoms with Crippen molar-refractivity contribution in [1.29, 1.82) is 0 Å². The third-order valence-corrected chi connectivity index (χ3v) is 4.17. The van der Waals surface area contributed by atoms with Crippen molar-refractivity contribution in [1.82, 2.24) is 4.90 Å². The molecule has 1 aliphatic rings. The highest BCUT2D eigenvalue weighted by molar-refractivity contribution is 6.31. The summed E-state index contributed by atoms with van der Waals surface area (Å²) in [5, 5.41) is 0.903. The van der Waals surface area contributed by atoms with Crippen LogP contribution >= 0.6 is 11.6 Å². The Morgan fingerprint density at radius 3 is 2.53 bits per heavy atom. The fourth-order valence-electron chi connectivity index (χ4n) is 2.38. The van der Waals surface area contributed by atoms with Crippen LogP contribution in [0.5, 0.6) is 0 Å². The summed E-state index contributed by atoms with van der Waals surface area (Å²) in [4.78, 5) is 2.52. The summed E-state index contributed by atoms with van der Waals surface area (Å²) in [5.74, 6) is 0. The molecule has 17 heavy (non-hydrogen) atoms. The maximum Gasteiger partial charge on any atom is 0.0451 e. The molecule has 1 aliphatic heterocycles. The second kappa shape index (κ2) is 4.99. The van der Waals surface area contributed by atoms with E-state index in [-0.39, 0.29) is 0 Å². The number of likely N-dealkylation sites (tertiary alicyclic amines) is 1. The number of benzene rings is 1. The molecule has 0 bridgehead atoms. The average Bonchev–Trinajstić information content (AvgIpc) is 2.26. The third kappa shape index (κ3) is 3.46. The van der Waals surface area contributed by atoms with E-state index in [4.69, 9.17) is 11.6 Å². The van der Waals surface area contributed by atoms with Crippen molar-refractivity contribution in [2.75, 3.05) is 13.1 Å². The third-order valence-electron chi connectivity index (χ3n) is 3.80. The van der Waals surface area contributed by atoms with Gasteiger partial charge in [-0.1, -0.05) is 43.1 Å². The van der Waals surface area contributed by atoms with Crippen molar-refractivity contribution < 1.29 is 0 Å². The van der Waals surface area contributed by atoms with E-state index in [2.05, 4.69) is 37.8 Å². The maximum absolute atomic E-state index is 6.24. The largest absolute Gasteiger partial charge is 0.299 e. The quantitative estimate of drug-likeness (QED) is 0.759. The van der Waals surface area contributed by atoms with Gasteiger partial charge in [0.15, 0.2) is 0 Å². The maximum atomic E-state index is 6.24. The standard InChI is InChI=1S/C15H22ClN/c1-12-4-5-14(16)13(10-12)11-17-8-6-15(2,3)7-9-17/h4-5,10H,6-9,11H2,1-3H3. The van der Waals surface area contributed by atoms with Crippen LogP contribution in [0.25, 0.3) is 0 Å². The van der Waals surface area contributed by atoms with Crippen LogP contribution in [0.4, 0.5) is 0 Å². The highest BCUT2D eigenvalue weighted by atomic mass is 35.5. The fraction of sp³-hybridized carbons (Fsp3) is 0.600. The molecule has 0 radical (unpaired) electrons. The predicted octanol–water partition coefficient (Wildman–Crippen LogP) is 4.27. The van der Waals surface area contributed by atoms with E-state index in [1.165, 1.54) is 37.1 Å². The summed E-state index contributed by atoms with van der Waals surface area (Å²) in [7, 11) is 0. The Bertz CT molecular complexity index is 388. The molecule has 0 unspecified atom stereocenters. The summed E-state index contributed by atoms with van der Waals surface area (Å²) in [5.41, 5.74) is 3.08.